The van der Waals surface area contributed by atoms with Gasteiger partial charge in [-0.05, 0) is 25.5 Å². The van der Waals surface area contributed by atoms with E-state index in [4.69, 9.17) is 0 Å². The molecule has 4 heterocycles. The standard InChI is InChI=1S/C14H17N7S/c1-10-6-21-13(16-10)3-2-12(19-21)17-11-4-5-20(7-11)8-14-18-15-9-22-14/h2-3,6,9,11H,4-5,7-8H2,1H3,(H,17,19). The predicted molar refractivity (Wildman–Crippen MR) is 84.9 cm³/mol. The summed E-state index contributed by atoms with van der Waals surface area (Å²) in [7, 11) is 0. The maximum atomic E-state index is 4.56. The number of anilines is 1. The van der Waals surface area contributed by atoms with Gasteiger partial charge in [-0.15, -0.1) is 26.6 Å². The molecule has 1 saturated heterocycles. The molecule has 3 aromatic rings. The molecule has 1 aliphatic heterocycles. The average Bonchev–Trinajstić information content (AvgIpc) is 3.20. The van der Waals surface area contributed by atoms with Gasteiger partial charge in [0.25, 0.3) is 0 Å². The maximum Gasteiger partial charge on any atom is 0.153 e. The molecule has 3 aromatic heterocycles. The lowest BCUT2D eigenvalue weighted by Gasteiger charge is -2.15. The predicted octanol–water partition coefficient (Wildman–Crippen LogP) is 1.58. The Kier molecular flexibility index (Phi) is 3.47. The second-order valence-electron chi connectivity index (χ2n) is 5.60. The van der Waals surface area contributed by atoms with Crippen molar-refractivity contribution >= 4 is 22.8 Å². The topological polar surface area (TPSA) is 71.2 Å². The number of hydrogen-bond donors (Lipinski definition) is 1. The van der Waals surface area contributed by atoms with E-state index in [1.54, 1.807) is 16.8 Å². The molecule has 0 amide bonds. The van der Waals surface area contributed by atoms with Gasteiger partial charge in [-0.25, -0.2) is 9.50 Å². The molecular weight excluding hydrogens is 298 g/mol. The minimum atomic E-state index is 0.419. The molecule has 0 aromatic carbocycles. The lowest BCUT2D eigenvalue weighted by atomic mass is 10.2. The van der Waals surface area contributed by atoms with E-state index < -0.39 is 0 Å². The number of hydrogen-bond acceptors (Lipinski definition) is 7. The second kappa shape index (κ2) is 5.62. The minimum Gasteiger partial charge on any atom is -0.365 e. The van der Waals surface area contributed by atoms with Crippen LogP contribution in [0.2, 0.25) is 0 Å². The summed E-state index contributed by atoms with van der Waals surface area (Å²) in [6, 6.07) is 4.41. The smallest absolute Gasteiger partial charge is 0.153 e. The Morgan fingerprint density at radius 1 is 1.41 bits per heavy atom. The Morgan fingerprint density at radius 3 is 3.23 bits per heavy atom. The van der Waals surface area contributed by atoms with Gasteiger partial charge in [0.05, 0.1) is 18.4 Å². The van der Waals surface area contributed by atoms with Crippen LogP contribution in [-0.4, -0.2) is 48.8 Å². The Labute approximate surface area is 132 Å². The fourth-order valence-electron chi connectivity index (χ4n) is 2.84. The fraction of sp³-hybridized carbons (Fsp3) is 0.429. The molecule has 0 spiro atoms. The third kappa shape index (κ3) is 2.79. The van der Waals surface area contributed by atoms with Crippen molar-refractivity contribution in [1.82, 2.24) is 29.7 Å². The first-order valence-electron chi connectivity index (χ1n) is 7.33. The fourth-order valence-corrected chi connectivity index (χ4v) is 3.40. The molecule has 0 radical (unpaired) electrons. The average molecular weight is 315 g/mol. The van der Waals surface area contributed by atoms with Crippen molar-refractivity contribution in [2.75, 3.05) is 18.4 Å². The molecule has 22 heavy (non-hydrogen) atoms. The number of imidazole rings is 1. The van der Waals surface area contributed by atoms with Crippen molar-refractivity contribution in [3.8, 4) is 0 Å². The largest absolute Gasteiger partial charge is 0.365 e. The molecular formula is C14H17N7S. The van der Waals surface area contributed by atoms with Crippen LogP contribution in [0.3, 0.4) is 0 Å². The van der Waals surface area contributed by atoms with Crippen LogP contribution in [0, 0.1) is 6.92 Å². The molecule has 0 saturated carbocycles. The number of likely N-dealkylation sites (tertiary alicyclic amines) is 1. The van der Waals surface area contributed by atoms with Crippen LogP contribution in [0.1, 0.15) is 17.1 Å². The summed E-state index contributed by atoms with van der Waals surface area (Å²) in [6.07, 6.45) is 3.05. The monoisotopic (exact) mass is 315 g/mol. The van der Waals surface area contributed by atoms with Gasteiger partial charge in [-0.2, -0.15) is 0 Å². The van der Waals surface area contributed by atoms with Crippen molar-refractivity contribution in [2.45, 2.75) is 25.9 Å². The molecule has 7 nitrogen and oxygen atoms in total. The molecule has 1 fully saturated rings. The first-order valence-corrected chi connectivity index (χ1v) is 8.21. The van der Waals surface area contributed by atoms with Crippen LogP contribution in [-0.2, 0) is 6.54 Å². The van der Waals surface area contributed by atoms with E-state index >= 15 is 0 Å². The van der Waals surface area contributed by atoms with Gasteiger partial charge >= 0.3 is 0 Å². The van der Waals surface area contributed by atoms with Crippen molar-refractivity contribution in [2.24, 2.45) is 0 Å². The first-order chi connectivity index (χ1) is 10.8. The van der Waals surface area contributed by atoms with Gasteiger partial charge in [0, 0.05) is 19.1 Å². The summed E-state index contributed by atoms with van der Waals surface area (Å²) in [4.78, 5) is 6.79. The number of aryl methyl sites for hydroxylation is 1. The Morgan fingerprint density at radius 2 is 2.36 bits per heavy atom. The van der Waals surface area contributed by atoms with Crippen molar-refractivity contribution < 1.29 is 0 Å². The molecule has 1 N–H and O–H groups in total. The normalized spacial score (nSPS) is 19.0. The van der Waals surface area contributed by atoms with E-state index in [0.29, 0.717) is 6.04 Å². The van der Waals surface area contributed by atoms with Gasteiger partial charge in [-0.1, -0.05) is 0 Å². The molecule has 1 aliphatic rings. The number of aromatic nitrogens is 5. The summed E-state index contributed by atoms with van der Waals surface area (Å²) in [5.74, 6) is 0.896. The zero-order chi connectivity index (χ0) is 14.9. The molecule has 1 unspecified atom stereocenters. The van der Waals surface area contributed by atoms with Gasteiger partial charge in [0.15, 0.2) is 5.65 Å². The highest BCUT2D eigenvalue weighted by molar-refractivity contribution is 7.09. The highest BCUT2D eigenvalue weighted by atomic mass is 32.1. The highest BCUT2D eigenvalue weighted by Crippen LogP contribution is 2.17. The molecule has 0 bridgehead atoms. The molecule has 4 rings (SSSR count). The van der Waals surface area contributed by atoms with Gasteiger partial charge in [0.2, 0.25) is 0 Å². The molecule has 1 atom stereocenters. The third-order valence-electron chi connectivity index (χ3n) is 3.83. The lowest BCUT2D eigenvalue weighted by Crippen LogP contribution is -2.26. The van der Waals surface area contributed by atoms with E-state index in [1.807, 2.05) is 29.8 Å². The summed E-state index contributed by atoms with van der Waals surface area (Å²) < 4.78 is 1.83. The third-order valence-corrected chi connectivity index (χ3v) is 4.51. The highest BCUT2D eigenvalue weighted by Gasteiger charge is 2.23. The quantitative estimate of drug-likeness (QED) is 0.788. The zero-order valence-electron chi connectivity index (χ0n) is 12.3. The van der Waals surface area contributed by atoms with E-state index in [9.17, 15) is 0 Å². The Hall–Kier alpha value is -2.06. The summed E-state index contributed by atoms with van der Waals surface area (Å²) in [6.45, 7) is 4.94. The van der Waals surface area contributed by atoms with Crippen molar-refractivity contribution in [3.63, 3.8) is 0 Å². The number of nitrogens with zero attached hydrogens (tertiary/aromatic N) is 6. The number of nitrogens with one attached hydrogen (secondary N) is 1. The second-order valence-corrected chi connectivity index (χ2v) is 6.52. The number of rotatable bonds is 4. The molecule has 114 valence electrons. The van der Waals surface area contributed by atoms with Gasteiger partial charge in [-0.3, -0.25) is 4.90 Å². The van der Waals surface area contributed by atoms with E-state index in [-0.39, 0.29) is 0 Å². The SMILES string of the molecule is Cc1cn2nc(NC3CCN(Cc4nncs4)C3)ccc2n1. The van der Waals surface area contributed by atoms with E-state index in [1.165, 1.54) is 0 Å². The van der Waals surface area contributed by atoms with E-state index in [2.05, 4.69) is 30.5 Å². The number of fused-ring (bicyclic) bond motifs is 1. The zero-order valence-corrected chi connectivity index (χ0v) is 13.1. The minimum absolute atomic E-state index is 0.419. The van der Waals surface area contributed by atoms with Crippen LogP contribution in [0.4, 0.5) is 5.82 Å². The summed E-state index contributed by atoms with van der Waals surface area (Å²) in [5, 5.41) is 17.2. The van der Waals surface area contributed by atoms with Crippen LogP contribution in [0.15, 0.2) is 23.8 Å². The maximum absolute atomic E-state index is 4.56. The van der Waals surface area contributed by atoms with Crippen LogP contribution in [0.5, 0.6) is 0 Å². The van der Waals surface area contributed by atoms with Gasteiger partial charge < -0.3 is 5.32 Å². The lowest BCUT2D eigenvalue weighted by molar-refractivity contribution is 0.327. The Bertz CT molecular complexity index is 767. The van der Waals surface area contributed by atoms with Gasteiger partial charge in [0.1, 0.15) is 16.3 Å². The van der Waals surface area contributed by atoms with Crippen LogP contribution < -0.4 is 5.32 Å². The van der Waals surface area contributed by atoms with E-state index in [0.717, 1.165) is 48.2 Å². The molecule has 8 heteroatoms. The van der Waals surface area contributed by atoms with Crippen molar-refractivity contribution in [1.29, 1.82) is 0 Å². The Balaban J connectivity index is 1.40. The first kappa shape index (κ1) is 13.6. The van der Waals surface area contributed by atoms with Crippen LogP contribution >= 0.6 is 11.3 Å². The van der Waals surface area contributed by atoms with Crippen LogP contribution in [0.25, 0.3) is 5.65 Å². The van der Waals surface area contributed by atoms with Crippen molar-refractivity contribution in [3.05, 3.63) is 34.5 Å². The summed E-state index contributed by atoms with van der Waals surface area (Å²) in [5.41, 5.74) is 3.65. The summed E-state index contributed by atoms with van der Waals surface area (Å²) >= 11 is 1.61. The molecule has 0 aliphatic carbocycles.